The fourth-order valence-electron chi connectivity index (χ4n) is 3.06. The molecule has 0 spiro atoms. The molecule has 0 unspecified atom stereocenters. The van der Waals surface area contributed by atoms with Crippen molar-refractivity contribution in [2.75, 3.05) is 6.54 Å². The van der Waals surface area contributed by atoms with Gasteiger partial charge in [0, 0.05) is 31.5 Å². The Morgan fingerprint density at radius 3 is 2.70 bits per heavy atom. The summed E-state index contributed by atoms with van der Waals surface area (Å²) in [7, 11) is -3.41. The summed E-state index contributed by atoms with van der Waals surface area (Å²) in [4.78, 5) is 4.18. The van der Waals surface area contributed by atoms with Crippen LogP contribution in [0.3, 0.4) is 0 Å². The Kier molecular flexibility index (Phi) is 4.50. The topological polar surface area (TPSA) is 55.2 Å². The van der Waals surface area contributed by atoms with E-state index in [1.165, 1.54) is 24.3 Å². The Bertz CT molecular complexity index is 771. The van der Waals surface area contributed by atoms with Crippen LogP contribution in [0.25, 0.3) is 0 Å². The van der Waals surface area contributed by atoms with Crippen LogP contribution in [0.15, 0.2) is 36.7 Å². The van der Waals surface area contributed by atoms with E-state index in [1.807, 2.05) is 17.7 Å². The standard InChI is InChI=1S/C16H20FN3O2S/c1-13-18-8-10-19(13)11-16-3-2-9-20(16)23(21,22)12-14-4-6-15(17)7-5-14/h4-8,10,16H,2-3,9,11-12H2,1H3/t16-/m1/s1. The fraction of sp³-hybridized carbons (Fsp3) is 0.438. The molecule has 3 rings (SSSR count). The smallest absolute Gasteiger partial charge is 0.218 e. The van der Waals surface area contributed by atoms with E-state index in [-0.39, 0.29) is 17.6 Å². The molecule has 0 aliphatic carbocycles. The van der Waals surface area contributed by atoms with Crippen molar-refractivity contribution in [3.8, 4) is 0 Å². The maximum Gasteiger partial charge on any atom is 0.218 e. The number of aromatic nitrogens is 2. The average Bonchev–Trinajstić information content (AvgIpc) is 3.12. The lowest BCUT2D eigenvalue weighted by molar-refractivity contribution is 0.349. The summed E-state index contributed by atoms with van der Waals surface area (Å²) in [5, 5.41) is 0. The first-order valence-corrected chi connectivity index (χ1v) is 9.28. The van der Waals surface area contributed by atoms with Crippen molar-refractivity contribution in [2.24, 2.45) is 0 Å². The van der Waals surface area contributed by atoms with Gasteiger partial charge in [-0.25, -0.2) is 17.8 Å². The van der Waals surface area contributed by atoms with Crippen LogP contribution in [0.1, 0.15) is 24.2 Å². The second-order valence-electron chi connectivity index (χ2n) is 5.92. The molecule has 1 fully saturated rings. The number of nitrogens with zero attached hydrogens (tertiary/aromatic N) is 3. The van der Waals surface area contributed by atoms with E-state index >= 15 is 0 Å². The first kappa shape index (κ1) is 16.1. The Balaban J connectivity index is 1.75. The van der Waals surface area contributed by atoms with Crippen LogP contribution in [0, 0.1) is 12.7 Å². The van der Waals surface area contributed by atoms with Gasteiger partial charge in [-0.2, -0.15) is 4.31 Å². The molecule has 1 atom stereocenters. The van der Waals surface area contributed by atoms with Crippen molar-refractivity contribution in [1.82, 2.24) is 13.9 Å². The van der Waals surface area contributed by atoms with E-state index in [0.717, 1.165) is 18.7 Å². The second kappa shape index (κ2) is 6.41. The number of rotatable bonds is 5. The molecule has 23 heavy (non-hydrogen) atoms. The highest BCUT2D eigenvalue weighted by Crippen LogP contribution is 2.25. The van der Waals surface area contributed by atoms with Crippen molar-refractivity contribution in [3.05, 3.63) is 53.9 Å². The SMILES string of the molecule is Cc1nccn1C[C@H]1CCCN1S(=O)(=O)Cc1ccc(F)cc1. The van der Waals surface area contributed by atoms with Gasteiger partial charge in [0.25, 0.3) is 0 Å². The molecule has 1 aliphatic heterocycles. The van der Waals surface area contributed by atoms with Crippen molar-refractivity contribution >= 4 is 10.0 Å². The molecule has 1 aliphatic rings. The summed E-state index contributed by atoms with van der Waals surface area (Å²) >= 11 is 0. The first-order chi connectivity index (χ1) is 11.0. The van der Waals surface area contributed by atoms with Crippen LogP contribution in [0.5, 0.6) is 0 Å². The lowest BCUT2D eigenvalue weighted by Gasteiger charge is -2.25. The van der Waals surface area contributed by atoms with Gasteiger partial charge >= 0.3 is 0 Å². The molecule has 1 saturated heterocycles. The molecule has 1 aromatic heterocycles. The Labute approximate surface area is 135 Å². The van der Waals surface area contributed by atoms with Crippen LogP contribution in [0.4, 0.5) is 4.39 Å². The molecular weight excluding hydrogens is 317 g/mol. The van der Waals surface area contributed by atoms with Crippen molar-refractivity contribution in [1.29, 1.82) is 0 Å². The normalized spacial score (nSPS) is 19.3. The highest BCUT2D eigenvalue weighted by atomic mass is 32.2. The number of imidazole rings is 1. The summed E-state index contributed by atoms with van der Waals surface area (Å²) in [5.74, 6) is 0.431. The number of aryl methyl sites for hydroxylation is 1. The largest absolute Gasteiger partial charge is 0.334 e. The Morgan fingerprint density at radius 1 is 1.30 bits per heavy atom. The zero-order chi connectivity index (χ0) is 16.4. The van der Waals surface area contributed by atoms with E-state index in [0.29, 0.717) is 18.7 Å². The van der Waals surface area contributed by atoms with E-state index in [4.69, 9.17) is 0 Å². The molecule has 5 nitrogen and oxygen atoms in total. The Hall–Kier alpha value is -1.73. The van der Waals surface area contributed by atoms with Crippen LogP contribution < -0.4 is 0 Å². The number of benzene rings is 1. The monoisotopic (exact) mass is 337 g/mol. The van der Waals surface area contributed by atoms with E-state index < -0.39 is 10.0 Å². The van der Waals surface area contributed by atoms with Gasteiger partial charge in [0.2, 0.25) is 10.0 Å². The van der Waals surface area contributed by atoms with Crippen LogP contribution in [-0.2, 0) is 22.3 Å². The minimum absolute atomic E-state index is 0.0478. The predicted molar refractivity (Wildman–Crippen MR) is 85.7 cm³/mol. The lowest BCUT2D eigenvalue weighted by Crippen LogP contribution is -2.38. The molecule has 2 heterocycles. The summed E-state index contributed by atoms with van der Waals surface area (Å²) < 4.78 is 42.0. The molecule has 2 aromatic rings. The molecule has 7 heteroatoms. The van der Waals surface area contributed by atoms with Crippen molar-refractivity contribution in [2.45, 2.75) is 38.1 Å². The highest BCUT2D eigenvalue weighted by molar-refractivity contribution is 7.88. The van der Waals surface area contributed by atoms with E-state index in [9.17, 15) is 12.8 Å². The highest BCUT2D eigenvalue weighted by Gasteiger charge is 2.34. The molecule has 0 amide bonds. The molecular formula is C16H20FN3O2S. The van der Waals surface area contributed by atoms with Gasteiger partial charge in [-0.1, -0.05) is 12.1 Å². The zero-order valence-corrected chi connectivity index (χ0v) is 13.8. The lowest BCUT2D eigenvalue weighted by atomic mass is 10.2. The van der Waals surface area contributed by atoms with Crippen molar-refractivity contribution in [3.63, 3.8) is 0 Å². The summed E-state index contributed by atoms with van der Waals surface area (Å²) in [5.41, 5.74) is 0.607. The number of hydrogen-bond acceptors (Lipinski definition) is 3. The Morgan fingerprint density at radius 2 is 2.04 bits per heavy atom. The quantitative estimate of drug-likeness (QED) is 0.841. The van der Waals surface area contributed by atoms with Crippen LogP contribution >= 0.6 is 0 Å². The maximum absolute atomic E-state index is 13.0. The van der Waals surface area contributed by atoms with Gasteiger partial charge in [-0.05, 0) is 37.5 Å². The number of hydrogen-bond donors (Lipinski definition) is 0. The van der Waals surface area contributed by atoms with Crippen LogP contribution in [-0.4, -0.2) is 34.9 Å². The second-order valence-corrected chi connectivity index (χ2v) is 7.84. The van der Waals surface area contributed by atoms with Gasteiger partial charge in [-0.3, -0.25) is 0 Å². The zero-order valence-electron chi connectivity index (χ0n) is 13.0. The first-order valence-electron chi connectivity index (χ1n) is 7.67. The predicted octanol–water partition coefficient (Wildman–Crippen LogP) is 2.33. The van der Waals surface area contributed by atoms with E-state index in [2.05, 4.69) is 4.98 Å². The van der Waals surface area contributed by atoms with Gasteiger partial charge in [0.15, 0.2) is 0 Å². The van der Waals surface area contributed by atoms with Gasteiger partial charge in [0.05, 0.1) is 5.75 Å². The molecule has 0 bridgehead atoms. The fourth-order valence-corrected chi connectivity index (χ4v) is 4.87. The third kappa shape index (κ3) is 3.61. The molecule has 124 valence electrons. The number of halogens is 1. The maximum atomic E-state index is 13.0. The van der Waals surface area contributed by atoms with Gasteiger partial charge in [-0.15, -0.1) is 0 Å². The third-order valence-corrected chi connectivity index (χ3v) is 6.17. The molecule has 1 aromatic carbocycles. The minimum Gasteiger partial charge on any atom is -0.334 e. The van der Waals surface area contributed by atoms with Crippen LogP contribution in [0.2, 0.25) is 0 Å². The summed E-state index contributed by atoms with van der Waals surface area (Å²) in [6, 6.07) is 5.59. The summed E-state index contributed by atoms with van der Waals surface area (Å²) in [6.07, 6.45) is 5.31. The summed E-state index contributed by atoms with van der Waals surface area (Å²) in [6.45, 7) is 3.07. The minimum atomic E-state index is -3.41. The molecule has 0 N–H and O–H groups in total. The molecule has 0 saturated carbocycles. The van der Waals surface area contributed by atoms with E-state index in [1.54, 1.807) is 10.5 Å². The molecule has 0 radical (unpaired) electrons. The van der Waals surface area contributed by atoms with Crippen molar-refractivity contribution < 1.29 is 12.8 Å². The number of sulfonamides is 1. The average molecular weight is 337 g/mol. The van der Waals surface area contributed by atoms with Gasteiger partial charge in [0.1, 0.15) is 11.6 Å². The third-order valence-electron chi connectivity index (χ3n) is 4.27. The van der Waals surface area contributed by atoms with Gasteiger partial charge < -0.3 is 4.57 Å².